The van der Waals surface area contributed by atoms with Crippen LogP contribution in [-0.2, 0) is 9.59 Å². The smallest absolute Gasteiger partial charge is 0.307 e. The second-order valence-electron chi connectivity index (χ2n) is 5.22. The predicted octanol–water partition coefficient (Wildman–Crippen LogP) is 2.38. The third-order valence-corrected chi connectivity index (χ3v) is 3.53. The summed E-state index contributed by atoms with van der Waals surface area (Å²) in [6.07, 6.45) is 0.468. The maximum absolute atomic E-state index is 12.3. The third-order valence-electron chi connectivity index (χ3n) is 3.53. The predicted molar refractivity (Wildman–Crippen MR) is 73.2 cm³/mol. The minimum Gasteiger partial charge on any atom is -0.481 e. The lowest BCUT2D eigenvalue weighted by molar-refractivity contribution is -0.140. The summed E-state index contributed by atoms with van der Waals surface area (Å²) in [5.74, 6) is -1.78. The van der Waals surface area contributed by atoms with E-state index in [0.717, 1.165) is 16.8 Å². The van der Waals surface area contributed by atoms with Gasteiger partial charge in [-0.2, -0.15) is 0 Å². The average Bonchev–Trinajstić information content (AvgIpc) is 3.08. The summed E-state index contributed by atoms with van der Waals surface area (Å²) in [5, 5.41) is 8.92. The summed E-state index contributed by atoms with van der Waals surface area (Å²) >= 11 is 0. The molecule has 0 bridgehead atoms. The van der Waals surface area contributed by atoms with E-state index in [-0.39, 0.29) is 11.8 Å². The van der Waals surface area contributed by atoms with Gasteiger partial charge >= 0.3 is 5.97 Å². The van der Waals surface area contributed by atoms with Crippen molar-refractivity contribution >= 4 is 17.6 Å². The summed E-state index contributed by atoms with van der Waals surface area (Å²) < 4.78 is 0. The minimum absolute atomic E-state index is 0.0695. The molecule has 4 heteroatoms. The molecular weight excluding hydrogens is 242 g/mol. The second-order valence-corrected chi connectivity index (χ2v) is 5.22. The molecular formula is C15H19NO3. The molecule has 0 heterocycles. The summed E-state index contributed by atoms with van der Waals surface area (Å²) in [5.41, 5.74) is 3.07. The van der Waals surface area contributed by atoms with Gasteiger partial charge in [0.15, 0.2) is 0 Å². The first-order chi connectivity index (χ1) is 8.93. The van der Waals surface area contributed by atoms with Crippen molar-refractivity contribution in [3.05, 3.63) is 29.3 Å². The Hall–Kier alpha value is -1.84. The van der Waals surface area contributed by atoms with Crippen LogP contribution in [0.1, 0.15) is 24.5 Å². The molecule has 0 spiro atoms. The Kier molecular flexibility index (Phi) is 3.60. The lowest BCUT2D eigenvalue weighted by Crippen LogP contribution is -2.33. The van der Waals surface area contributed by atoms with Crippen LogP contribution in [0.2, 0.25) is 0 Å². The molecule has 19 heavy (non-hydrogen) atoms. The number of hydrogen-bond donors (Lipinski definition) is 1. The van der Waals surface area contributed by atoms with E-state index < -0.39 is 11.9 Å². The molecule has 102 valence electrons. The van der Waals surface area contributed by atoms with Gasteiger partial charge < -0.3 is 10.0 Å². The standard InChI is InChI=1S/C15H19NO3/c1-4-16(11-6-9(2)5-10(3)7-11)14(17)12-8-13(12)15(18)19/h5-7,12-13H,4,8H2,1-3H3,(H,18,19). The van der Waals surface area contributed by atoms with E-state index in [4.69, 9.17) is 5.11 Å². The molecule has 1 fully saturated rings. The second kappa shape index (κ2) is 5.03. The van der Waals surface area contributed by atoms with Gasteiger partial charge in [0, 0.05) is 12.2 Å². The van der Waals surface area contributed by atoms with Crippen molar-refractivity contribution in [2.75, 3.05) is 11.4 Å². The average molecular weight is 261 g/mol. The minimum atomic E-state index is -0.866. The first kappa shape index (κ1) is 13.6. The fourth-order valence-corrected chi connectivity index (χ4v) is 2.51. The number of carbonyl (C=O) groups is 2. The van der Waals surface area contributed by atoms with Gasteiger partial charge in [0.2, 0.25) is 5.91 Å². The molecule has 1 N–H and O–H groups in total. The van der Waals surface area contributed by atoms with Crippen molar-refractivity contribution in [1.29, 1.82) is 0 Å². The maximum atomic E-state index is 12.3. The summed E-state index contributed by atoms with van der Waals surface area (Å²) in [6.45, 7) is 6.45. The summed E-state index contributed by atoms with van der Waals surface area (Å²) in [7, 11) is 0. The number of benzene rings is 1. The van der Waals surface area contributed by atoms with Crippen molar-refractivity contribution in [2.24, 2.45) is 11.8 Å². The van der Waals surface area contributed by atoms with E-state index in [9.17, 15) is 9.59 Å². The SMILES string of the molecule is CCN(C(=O)C1CC1C(=O)O)c1cc(C)cc(C)c1. The van der Waals surface area contributed by atoms with Gasteiger partial charge in [-0.05, 0) is 50.5 Å². The molecule has 0 aliphatic heterocycles. The number of hydrogen-bond acceptors (Lipinski definition) is 2. The van der Waals surface area contributed by atoms with Gasteiger partial charge in [0.05, 0.1) is 11.8 Å². The van der Waals surface area contributed by atoms with Crippen LogP contribution in [0.15, 0.2) is 18.2 Å². The summed E-state index contributed by atoms with van der Waals surface area (Å²) in [4.78, 5) is 24.9. The van der Waals surface area contributed by atoms with Crippen LogP contribution in [0.25, 0.3) is 0 Å². The summed E-state index contributed by atoms with van der Waals surface area (Å²) in [6, 6.07) is 5.98. The van der Waals surface area contributed by atoms with E-state index in [2.05, 4.69) is 6.07 Å². The molecule has 1 saturated carbocycles. The third kappa shape index (κ3) is 2.78. The highest BCUT2D eigenvalue weighted by Gasteiger charge is 2.49. The van der Waals surface area contributed by atoms with Crippen LogP contribution in [0.5, 0.6) is 0 Å². The maximum Gasteiger partial charge on any atom is 0.307 e. The number of carboxylic acids is 1. The Bertz CT molecular complexity index is 504. The van der Waals surface area contributed by atoms with Crippen LogP contribution < -0.4 is 4.90 Å². The molecule has 0 saturated heterocycles. The van der Waals surface area contributed by atoms with Crippen molar-refractivity contribution in [2.45, 2.75) is 27.2 Å². The molecule has 2 rings (SSSR count). The van der Waals surface area contributed by atoms with E-state index in [0.29, 0.717) is 13.0 Å². The number of carbonyl (C=O) groups excluding carboxylic acids is 1. The van der Waals surface area contributed by atoms with E-state index in [1.807, 2.05) is 32.9 Å². The van der Waals surface area contributed by atoms with Crippen molar-refractivity contribution in [3.8, 4) is 0 Å². The van der Waals surface area contributed by atoms with Crippen LogP contribution in [0.4, 0.5) is 5.69 Å². The van der Waals surface area contributed by atoms with Gasteiger partial charge in [0.25, 0.3) is 0 Å². The zero-order valence-electron chi connectivity index (χ0n) is 11.5. The lowest BCUT2D eigenvalue weighted by Gasteiger charge is -2.22. The number of rotatable bonds is 4. The normalized spacial score (nSPS) is 21.0. The van der Waals surface area contributed by atoms with Crippen LogP contribution in [-0.4, -0.2) is 23.5 Å². The number of aryl methyl sites for hydroxylation is 2. The van der Waals surface area contributed by atoms with Gasteiger partial charge in [-0.3, -0.25) is 9.59 Å². The molecule has 1 amide bonds. The van der Waals surface area contributed by atoms with E-state index >= 15 is 0 Å². The number of amides is 1. The van der Waals surface area contributed by atoms with E-state index in [1.165, 1.54) is 0 Å². The highest BCUT2D eigenvalue weighted by Crippen LogP contribution is 2.41. The highest BCUT2D eigenvalue weighted by atomic mass is 16.4. The Labute approximate surface area is 113 Å². The quantitative estimate of drug-likeness (QED) is 0.905. The van der Waals surface area contributed by atoms with Gasteiger partial charge in [-0.15, -0.1) is 0 Å². The number of carboxylic acid groups (broad SMARTS) is 1. The topological polar surface area (TPSA) is 57.6 Å². The number of anilines is 1. The molecule has 1 aromatic rings. The van der Waals surface area contributed by atoms with Gasteiger partial charge in [0.1, 0.15) is 0 Å². The fraction of sp³-hybridized carbons (Fsp3) is 0.467. The van der Waals surface area contributed by atoms with Crippen LogP contribution >= 0.6 is 0 Å². The zero-order valence-corrected chi connectivity index (χ0v) is 11.5. The van der Waals surface area contributed by atoms with E-state index in [1.54, 1.807) is 4.90 Å². The molecule has 0 aromatic heterocycles. The molecule has 1 aromatic carbocycles. The van der Waals surface area contributed by atoms with Crippen LogP contribution in [0.3, 0.4) is 0 Å². The Balaban J connectivity index is 2.20. The Morgan fingerprint density at radius 2 is 1.79 bits per heavy atom. The molecule has 1 aliphatic rings. The lowest BCUT2D eigenvalue weighted by atomic mass is 10.1. The zero-order chi connectivity index (χ0) is 14.2. The molecule has 1 aliphatic carbocycles. The Morgan fingerprint density at radius 1 is 1.21 bits per heavy atom. The van der Waals surface area contributed by atoms with Gasteiger partial charge in [-0.25, -0.2) is 0 Å². The molecule has 0 radical (unpaired) electrons. The fourth-order valence-electron chi connectivity index (χ4n) is 2.51. The Morgan fingerprint density at radius 3 is 2.21 bits per heavy atom. The van der Waals surface area contributed by atoms with Crippen molar-refractivity contribution < 1.29 is 14.7 Å². The molecule has 2 unspecified atom stereocenters. The largest absolute Gasteiger partial charge is 0.481 e. The first-order valence-electron chi connectivity index (χ1n) is 6.56. The molecule has 4 nitrogen and oxygen atoms in total. The van der Waals surface area contributed by atoms with Crippen molar-refractivity contribution in [1.82, 2.24) is 0 Å². The van der Waals surface area contributed by atoms with Crippen molar-refractivity contribution in [3.63, 3.8) is 0 Å². The monoisotopic (exact) mass is 261 g/mol. The number of nitrogens with zero attached hydrogens (tertiary/aromatic N) is 1. The molecule has 2 atom stereocenters. The highest BCUT2D eigenvalue weighted by molar-refractivity contribution is 6.00. The van der Waals surface area contributed by atoms with Crippen LogP contribution in [0, 0.1) is 25.7 Å². The van der Waals surface area contributed by atoms with Gasteiger partial charge in [-0.1, -0.05) is 6.07 Å². The first-order valence-corrected chi connectivity index (χ1v) is 6.56. The number of aliphatic carboxylic acids is 1.